The van der Waals surface area contributed by atoms with E-state index in [0.29, 0.717) is 0 Å². The Balaban J connectivity index is 1.83. The van der Waals surface area contributed by atoms with E-state index >= 15 is 0 Å². The Kier molecular flexibility index (Phi) is 2.42. The molecule has 4 rings (SSSR count). The Bertz CT molecular complexity index is 865. The molecule has 4 N–H and O–H groups in total. The molecule has 0 aromatic carbocycles. The lowest BCUT2D eigenvalue weighted by Gasteiger charge is -2.18. The summed E-state index contributed by atoms with van der Waals surface area (Å²) in [7, 11) is 0. The van der Waals surface area contributed by atoms with Crippen molar-refractivity contribution >= 4 is 28.5 Å². The minimum atomic E-state index is -1.55. The summed E-state index contributed by atoms with van der Waals surface area (Å²) in [6, 6.07) is 0. The van der Waals surface area contributed by atoms with Crippen LogP contribution in [0.1, 0.15) is 12.6 Å². The number of aliphatic hydroxyl groups is 2. The summed E-state index contributed by atoms with van der Waals surface area (Å²) >= 11 is 5.75. The van der Waals surface area contributed by atoms with Gasteiger partial charge < -0.3 is 25.3 Å². The molecule has 1 unspecified atom stereocenters. The first-order valence-electron chi connectivity index (χ1n) is 6.39. The summed E-state index contributed by atoms with van der Waals surface area (Å²) < 4.78 is 21.0. The van der Waals surface area contributed by atoms with Crippen LogP contribution < -0.4 is 5.73 Å². The molecule has 7 nitrogen and oxygen atoms in total. The minimum absolute atomic E-state index is 0.0101. The number of hydrogen-bond donors (Lipinski definition) is 3. The maximum atomic E-state index is 14.1. The second-order valence-electron chi connectivity index (χ2n) is 5.44. The van der Waals surface area contributed by atoms with Crippen LogP contribution >= 0.6 is 11.6 Å². The molecule has 0 spiro atoms. The van der Waals surface area contributed by atoms with Crippen molar-refractivity contribution in [3.63, 3.8) is 0 Å². The minimum Gasteiger partial charge on any atom is -0.386 e. The van der Waals surface area contributed by atoms with Crippen molar-refractivity contribution in [1.29, 1.82) is 0 Å². The van der Waals surface area contributed by atoms with Crippen molar-refractivity contribution in [3.8, 4) is 12.3 Å². The summed E-state index contributed by atoms with van der Waals surface area (Å²) in [5.41, 5.74) is 2.75. The fourth-order valence-corrected chi connectivity index (χ4v) is 3.31. The van der Waals surface area contributed by atoms with Gasteiger partial charge in [0.1, 0.15) is 23.8 Å². The van der Waals surface area contributed by atoms with Crippen molar-refractivity contribution in [2.75, 3.05) is 5.73 Å². The van der Waals surface area contributed by atoms with Crippen LogP contribution in [0.3, 0.4) is 0 Å². The number of ether oxygens (including phenoxy) is 1. The van der Waals surface area contributed by atoms with Gasteiger partial charge in [0.05, 0.1) is 5.39 Å². The SMILES string of the molecule is C#C[C@]12O[C@@H](n3cc(F)c4c(N)nc(Cl)nc43)C[C@@]1(O)C2O. The molecule has 9 heteroatoms. The first-order valence-corrected chi connectivity index (χ1v) is 6.77. The molecular formula is C13H10ClFN4O3. The van der Waals surface area contributed by atoms with E-state index < -0.39 is 29.4 Å². The number of terminal acetylenes is 1. The summed E-state index contributed by atoms with van der Waals surface area (Å²) in [5.74, 6) is 1.53. The molecule has 0 radical (unpaired) electrons. The molecular weight excluding hydrogens is 315 g/mol. The molecule has 4 atom stereocenters. The largest absolute Gasteiger partial charge is 0.386 e. The zero-order valence-electron chi connectivity index (χ0n) is 11.0. The summed E-state index contributed by atoms with van der Waals surface area (Å²) in [4.78, 5) is 7.65. The van der Waals surface area contributed by atoms with Crippen molar-refractivity contribution < 1.29 is 19.3 Å². The van der Waals surface area contributed by atoms with Gasteiger partial charge in [0.25, 0.3) is 0 Å². The Morgan fingerprint density at radius 3 is 2.95 bits per heavy atom. The van der Waals surface area contributed by atoms with Gasteiger partial charge in [0.2, 0.25) is 5.28 Å². The molecule has 1 saturated heterocycles. The van der Waals surface area contributed by atoms with Gasteiger partial charge in [0, 0.05) is 12.6 Å². The lowest BCUT2D eigenvalue weighted by molar-refractivity contribution is -0.0379. The molecule has 2 aromatic rings. The van der Waals surface area contributed by atoms with E-state index in [1.165, 1.54) is 4.57 Å². The highest BCUT2D eigenvalue weighted by molar-refractivity contribution is 6.28. The third-order valence-corrected chi connectivity index (χ3v) is 4.53. The van der Waals surface area contributed by atoms with Gasteiger partial charge in [0.15, 0.2) is 17.1 Å². The molecule has 114 valence electrons. The molecule has 1 aliphatic heterocycles. The number of halogens is 2. The monoisotopic (exact) mass is 324 g/mol. The van der Waals surface area contributed by atoms with Crippen LogP contribution in [-0.2, 0) is 4.74 Å². The van der Waals surface area contributed by atoms with E-state index in [0.717, 1.165) is 6.20 Å². The van der Waals surface area contributed by atoms with Crippen LogP contribution in [0, 0.1) is 18.2 Å². The smallest absolute Gasteiger partial charge is 0.226 e. The van der Waals surface area contributed by atoms with E-state index in [2.05, 4.69) is 15.9 Å². The molecule has 2 aliphatic rings. The highest BCUT2D eigenvalue weighted by atomic mass is 35.5. The summed E-state index contributed by atoms with van der Waals surface area (Å²) in [6.07, 6.45) is 4.49. The van der Waals surface area contributed by atoms with Crippen LogP contribution in [0.15, 0.2) is 6.20 Å². The van der Waals surface area contributed by atoms with Crippen LogP contribution in [0.2, 0.25) is 5.28 Å². The van der Waals surface area contributed by atoms with E-state index in [9.17, 15) is 14.6 Å². The predicted molar refractivity (Wildman–Crippen MR) is 74.2 cm³/mol. The zero-order chi connectivity index (χ0) is 15.9. The van der Waals surface area contributed by atoms with Crippen LogP contribution in [0.25, 0.3) is 11.0 Å². The molecule has 3 heterocycles. The van der Waals surface area contributed by atoms with Crippen molar-refractivity contribution in [2.24, 2.45) is 0 Å². The molecule has 1 aliphatic carbocycles. The average molecular weight is 325 g/mol. The first kappa shape index (κ1) is 13.7. The number of anilines is 1. The van der Waals surface area contributed by atoms with Gasteiger partial charge in [-0.1, -0.05) is 5.92 Å². The number of fused-ring (bicyclic) bond motifs is 2. The predicted octanol–water partition coefficient (Wildman–Crippen LogP) is 0.203. The fraction of sp³-hybridized carbons (Fsp3) is 0.385. The first-order chi connectivity index (χ1) is 10.3. The lowest BCUT2D eigenvalue weighted by Crippen LogP contribution is -2.20. The Morgan fingerprint density at radius 2 is 2.32 bits per heavy atom. The van der Waals surface area contributed by atoms with Crippen molar-refractivity contribution in [1.82, 2.24) is 14.5 Å². The third kappa shape index (κ3) is 1.37. The highest BCUT2D eigenvalue weighted by Crippen LogP contribution is 2.62. The van der Waals surface area contributed by atoms with Crippen LogP contribution in [0.4, 0.5) is 10.2 Å². The van der Waals surface area contributed by atoms with Gasteiger partial charge in [-0.2, -0.15) is 4.98 Å². The maximum absolute atomic E-state index is 14.1. The van der Waals surface area contributed by atoms with Gasteiger partial charge in [-0.05, 0) is 11.6 Å². The number of rotatable bonds is 1. The average Bonchev–Trinajstić information content (AvgIpc) is 2.78. The Labute approximate surface area is 128 Å². The van der Waals surface area contributed by atoms with Gasteiger partial charge >= 0.3 is 0 Å². The second kappa shape index (κ2) is 3.88. The summed E-state index contributed by atoms with van der Waals surface area (Å²) in [5, 5.41) is 19.9. The lowest BCUT2D eigenvalue weighted by atomic mass is 10.2. The number of nitrogens with zero attached hydrogens (tertiary/aromatic N) is 3. The quantitative estimate of drug-likeness (QED) is 0.511. The van der Waals surface area contributed by atoms with Gasteiger partial charge in [-0.3, -0.25) is 0 Å². The normalized spacial score (nSPS) is 36.3. The molecule has 2 aromatic heterocycles. The third-order valence-electron chi connectivity index (χ3n) is 4.36. The molecule has 1 saturated carbocycles. The Morgan fingerprint density at radius 1 is 1.59 bits per heavy atom. The van der Waals surface area contributed by atoms with Crippen molar-refractivity contribution in [2.45, 2.75) is 30.0 Å². The number of hydrogen-bond acceptors (Lipinski definition) is 6. The standard InChI is InChI=1S/C13H10ClFN4O3/c1-2-13-10(20)12(13,21)3-6(22-13)19-4-5(15)7-8(16)17-11(14)18-9(7)19/h1,4,6,10,20-21H,3H2,(H2,16,17,18)/t6-,10?,12-,13-/m1/s1. The maximum Gasteiger partial charge on any atom is 0.226 e. The summed E-state index contributed by atoms with van der Waals surface area (Å²) in [6.45, 7) is 0. The van der Waals surface area contributed by atoms with Crippen LogP contribution in [0.5, 0.6) is 0 Å². The number of nitrogen functional groups attached to an aromatic ring is 1. The van der Waals surface area contributed by atoms with Gasteiger partial charge in [-0.15, -0.1) is 6.42 Å². The molecule has 22 heavy (non-hydrogen) atoms. The second-order valence-corrected chi connectivity index (χ2v) is 5.78. The topological polar surface area (TPSA) is 106 Å². The number of aromatic nitrogens is 3. The van der Waals surface area contributed by atoms with E-state index in [-0.39, 0.29) is 28.6 Å². The van der Waals surface area contributed by atoms with E-state index in [4.69, 9.17) is 28.5 Å². The van der Waals surface area contributed by atoms with E-state index in [1.807, 2.05) is 0 Å². The molecule has 0 amide bonds. The Hall–Kier alpha value is -1.92. The molecule has 0 bridgehead atoms. The number of nitrogens with two attached hydrogens (primary N) is 1. The zero-order valence-corrected chi connectivity index (χ0v) is 11.8. The fourth-order valence-electron chi connectivity index (χ4n) is 3.14. The van der Waals surface area contributed by atoms with Crippen LogP contribution in [-0.4, -0.2) is 42.1 Å². The van der Waals surface area contributed by atoms with E-state index in [1.54, 1.807) is 0 Å². The van der Waals surface area contributed by atoms with Gasteiger partial charge in [-0.25, -0.2) is 9.37 Å². The number of aliphatic hydroxyl groups excluding tert-OH is 1. The van der Waals surface area contributed by atoms with Crippen molar-refractivity contribution in [3.05, 3.63) is 17.3 Å². The highest BCUT2D eigenvalue weighted by Gasteiger charge is 2.83. The molecule has 2 fully saturated rings.